The predicted molar refractivity (Wildman–Crippen MR) is 53.1 cm³/mol. The highest BCUT2D eigenvalue weighted by atomic mass is 79.9. The van der Waals surface area contributed by atoms with Crippen LogP contribution in [0.15, 0.2) is 22.7 Å². The minimum atomic E-state index is -0.158. The monoisotopic (exact) mass is 250 g/mol. The van der Waals surface area contributed by atoms with Gasteiger partial charge in [-0.1, -0.05) is 22.0 Å². The largest absolute Gasteiger partial charge is 0.207 e. The zero-order chi connectivity index (χ0) is 8.97. The van der Waals surface area contributed by atoms with Gasteiger partial charge in [0.15, 0.2) is 0 Å². The molecule has 0 fully saturated rings. The Morgan fingerprint density at radius 2 is 2.17 bits per heavy atom. The zero-order valence-electron chi connectivity index (χ0n) is 6.49. The molecule has 0 spiro atoms. The van der Waals surface area contributed by atoms with Gasteiger partial charge in [0.25, 0.3) is 0 Å². The smallest absolute Gasteiger partial charge is 0.127 e. The first-order valence-corrected chi connectivity index (χ1v) is 5.07. The van der Waals surface area contributed by atoms with Crippen LogP contribution in [-0.2, 0) is 6.42 Å². The van der Waals surface area contributed by atoms with Crippen LogP contribution in [0.2, 0.25) is 0 Å². The van der Waals surface area contributed by atoms with E-state index in [-0.39, 0.29) is 5.82 Å². The Morgan fingerprint density at radius 1 is 1.42 bits per heavy atom. The molecule has 0 heterocycles. The van der Waals surface area contributed by atoms with Crippen LogP contribution in [0.4, 0.5) is 4.39 Å². The molecule has 0 aromatic heterocycles. The molecule has 66 valence electrons. The highest BCUT2D eigenvalue weighted by molar-refractivity contribution is 9.10. The molecule has 0 aliphatic rings. The lowest BCUT2D eigenvalue weighted by molar-refractivity contribution is 0.606. The van der Waals surface area contributed by atoms with Crippen molar-refractivity contribution in [2.75, 3.05) is 5.88 Å². The molecular weight excluding hydrogens is 242 g/mol. The molecule has 0 amide bonds. The van der Waals surface area contributed by atoms with Crippen LogP contribution in [-0.4, -0.2) is 5.88 Å². The van der Waals surface area contributed by atoms with E-state index >= 15 is 0 Å². The van der Waals surface area contributed by atoms with Gasteiger partial charge < -0.3 is 0 Å². The van der Waals surface area contributed by atoms with Crippen LogP contribution in [0.25, 0.3) is 0 Å². The number of benzene rings is 1. The molecule has 0 unspecified atom stereocenters. The Kier molecular flexibility index (Phi) is 4.02. The van der Waals surface area contributed by atoms with Crippen LogP contribution < -0.4 is 0 Å². The van der Waals surface area contributed by atoms with Crippen molar-refractivity contribution in [3.63, 3.8) is 0 Å². The maximum atomic E-state index is 13.1. The van der Waals surface area contributed by atoms with E-state index in [0.717, 1.165) is 16.5 Å². The fraction of sp³-hybridized carbons (Fsp3) is 0.333. The summed E-state index contributed by atoms with van der Waals surface area (Å²) in [7, 11) is 0. The summed E-state index contributed by atoms with van der Waals surface area (Å²) >= 11 is 8.81. The van der Waals surface area contributed by atoms with Crippen molar-refractivity contribution in [2.24, 2.45) is 0 Å². The zero-order valence-corrected chi connectivity index (χ0v) is 8.83. The first kappa shape index (κ1) is 10.0. The number of halogens is 3. The summed E-state index contributed by atoms with van der Waals surface area (Å²) in [4.78, 5) is 0. The fourth-order valence-electron chi connectivity index (χ4n) is 1.01. The minimum absolute atomic E-state index is 0.158. The second-order valence-electron chi connectivity index (χ2n) is 2.49. The van der Waals surface area contributed by atoms with E-state index in [1.165, 1.54) is 6.07 Å². The molecule has 12 heavy (non-hydrogen) atoms. The van der Waals surface area contributed by atoms with E-state index in [0.29, 0.717) is 12.3 Å². The average molecular weight is 252 g/mol. The van der Waals surface area contributed by atoms with Crippen LogP contribution >= 0.6 is 27.5 Å². The van der Waals surface area contributed by atoms with Gasteiger partial charge in [-0.25, -0.2) is 4.39 Å². The lowest BCUT2D eigenvalue weighted by Crippen LogP contribution is -1.92. The van der Waals surface area contributed by atoms with Crippen LogP contribution in [0.5, 0.6) is 0 Å². The van der Waals surface area contributed by atoms with E-state index < -0.39 is 0 Å². The number of hydrogen-bond donors (Lipinski definition) is 0. The second kappa shape index (κ2) is 4.83. The van der Waals surface area contributed by atoms with Gasteiger partial charge in [-0.3, -0.25) is 0 Å². The molecule has 0 atom stereocenters. The van der Waals surface area contributed by atoms with Crippen molar-refractivity contribution >= 4 is 27.5 Å². The molecule has 1 aromatic carbocycles. The molecule has 0 aliphatic carbocycles. The Bertz CT molecular complexity index is 242. The van der Waals surface area contributed by atoms with Crippen molar-refractivity contribution in [3.8, 4) is 0 Å². The maximum absolute atomic E-state index is 13.1. The fourth-order valence-corrected chi connectivity index (χ4v) is 1.69. The lowest BCUT2D eigenvalue weighted by atomic mass is 10.1. The third kappa shape index (κ3) is 2.46. The van der Waals surface area contributed by atoms with Crippen LogP contribution in [0.1, 0.15) is 12.0 Å². The van der Waals surface area contributed by atoms with Crippen molar-refractivity contribution < 1.29 is 4.39 Å². The van der Waals surface area contributed by atoms with E-state index in [9.17, 15) is 4.39 Å². The summed E-state index contributed by atoms with van der Waals surface area (Å²) in [6, 6.07) is 4.99. The van der Waals surface area contributed by atoms with E-state index in [2.05, 4.69) is 15.9 Å². The minimum Gasteiger partial charge on any atom is -0.207 e. The summed E-state index contributed by atoms with van der Waals surface area (Å²) in [5, 5.41) is 0. The Hall–Kier alpha value is -0.0800. The summed E-state index contributed by atoms with van der Waals surface area (Å²) in [6.07, 6.45) is 1.50. The van der Waals surface area contributed by atoms with Gasteiger partial charge >= 0.3 is 0 Å². The topological polar surface area (TPSA) is 0 Å². The van der Waals surface area contributed by atoms with E-state index in [1.54, 1.807) is 6.07 Å². The quantitative estimate of drug-likeness (QED) is 0.718. The maximum Gasteiger partial charge on any atom is 0.127 e. The van der Waals surface area contributed by atoms with E-state index in [1.807, 2.05) is 6.07 Å². The van der Waals surface area contributed by atoms with Crippen LogP contribution in [0.3, 0.4) is 0 Å². The van der Waals surface area contributed by atoms with E-state index in [4.69, 9.17) is 11.6 Å². The first-order valence-electron chi connectivity index (χ1n) is 3.74. The van der Waals surface area contributed by atoms with Gasteiger partial charge in [-0.05, 0) is 25.0 Å². The molecule has 0 N–H and O–H groups in total. The van der Waals surface area contributed by atoms with Gasteiger partial charge in [0.1, 0.15) is 5.82 Å². The normalized spacial score (nSPS) is 10.2. The summed E-state index contributed by atoms with van der Waals surface area (Å²) in [5.74, 6) is 0.412. The Labute approximate surface area is 84.9 Å². The lowest BCUT2D eigenvalue weighted by Gasteiger charge is -2.03. The molecule has 1 rings (SSSR count). The molecule has 1 aromatic rings. The van der Waals surface area contributed by atoms with Crippen molar-refractivity contribution in [2.45, 2.75) is 12.8 Å². The van der Waals surface area contributed by atoms with Gasteiger partial charge in [-0.2, -0.15) is 0 Å². The standard InChI is InChI=1S/C9H9BrClF/c10-8-4-1-5-9(12)7(8)3-2-6-11/h1,4-5H,2-3,6H2. The van der Waals surface area contributed by atoms with Gasteiger partial charge in [0.2, 0.25) is 0 Å². The second-order valence-corrected chi connectivity index (χ2v) is 3.73. The predicted octanol–water partition coefficient (Wildman–Crippen LogP) is 3.76. The molecule has 0 saturated heterocycles. The molecule has 0 nitrogen and oxygen atoms in total. The number of hydrogen-bond acceptors (Lipinski definition) is 0. The Morgan fingerprint density at radius 3 is 2.75 bits per heavy atom. The molecule has 0 aliphatic heterocycles. The number of rotatable bonds is 3. The molecule has 0 saturated carbocycles. The summed E-state index contributed by atoms with van der Waals surface area (Å²) < 4.78 is 13.9. The van der Waals surface area contributed by atoms with Gasteiger partial charge in [-0.15, -0.1) is 11.6 Å². The molecular formula is C9H9BrClF. The van der Waals surface area contributed by atoms with Crippen molar-refractivity contribution in [1.82, 2.24) is 0 Å². The van der Waals surface area contributed by atoms with Gasteiger partial charge in [0.05, 0.1) is 0 Å². The van der Waals surface area contributed by atoms with Gasteiger partial charge in [0, 0.05) is 15.9 Å². The molecule has 0 radical (unpaired) electrons. The highest BCUT2D eigenvalue weighted by Crippen LogP contribution is 2.20. The summed E-state index contributed by atoms with van der Waals surface area (Å²) in [6.45, 7) is 0. The van der Waals surface area contributed by atoms with Crippen molar-refractivity contribution in [1.29, 1.82) is 0 Å². The third-order valence-electron chi connectivity index (χ3n) is 1.62. The highest BCUT2D eigenvalue weighted by Gasteiger charge is 2.04. The van der Waals surface area contributed by atoms with Crippen molar-refractivity contribution in [3.05, 3.63) is 34.1 Å². The SMILES string of the molecule is Fc1cccc(Br)c1CCCCl. The number of alkyl halides is 1. The molecule has 0 bridgehead atoms. The first-order chi connectivity index (χ1) is 5.75. The third-order valence-corrected chi connectivity index (χ3v) is 2.63. The van der Waals surface area contributed by atoms with Crippen LogP contribution in [0, 0.1) is 5.82 Å². The molecule has 3 heteroatoms. The summed E-state index contributed by atoms with van der Waals surface area (Å²) in [5.41, 5.74) is 0.721. The Balaban J connectivity index is 2.81. The average Bonchev–Trinajstić information content (AvgIpc) is 2.04.